The molecule has 0 aromatic heterocycles. The summed E-state index contributed by atoms with van der Waals surface area (Å²) < 4.78 is 0. The summed E-state index contributed by atoms with van der Waals surface area (Å²) in [6.45, 7) is 8.32. The second-order valence-electron chi connectivity index (χ2n) is 6.46. The lowest BCUT2D eigenvalue weighted by Crippen LogP contribution is -2.33. The van der Waals surface area contributed by atoms with E-state index in [-0.39, 0.29) is 0 Å². The van der Waals surface area contributed by atoms with E-state index < -0.39 is 0 Å². The molecule has 0 heterocycles. The van der Waals surface area contributed by atoms with E-state index in [0.717, 1.165) is 23.7 Å². The van der Waals surface area contributed by atoms with Crippen molar-refractivity contribution in [1.82, 2.24) is 5.32 Å². The summed E-state index contributed by atoms with van der Waals surface area (Å²) in [5, 5.41) is 3.42. The molecule has 1 nitrogen and oxygen atoms in total. The molecule has 3 unspecified atom stereocenters. The van der Waals surface area contributed by atoms with Crippen molar-refractivity contribution in [3.05, 3.63) is 0 Å². The molecule has 0 radical (unpaired) electrons. The molecule has 1 rings (SSSR count). The van der Waals surface area contributed by atoms with Crippen molar-refractivity contribution in [3.63, 3.8) is 0 Å². The minimum Gasteiger partial charge on any atom is -0.319 e. The molecule has 0 aliphatic heterocycles. The third-order valence-corrected chi connectivity index (χ3v) is 5.20. The molecule has 1 aliphatic rings. The van der Waals surface area contributed by atoms with E-state index in [0.29, 0.717) is 0 Å². The summed E-state index contributed by atoms with van der Waals surface area (Å²) in [7, 11) is 2.12. The zero-order valence-electron chi connectivity index (χ0n) is 13.2. The monoisotopic (exact) mass is 253 g/mol. The maximum absolute atomic E-state index is 3.42. The summed E-state index contributed by atoms with van der Waals surface area (Å²) in [5.41, 5.74) is 0. The van der Waals surface area contributed by atoms with Crippen LogP contribution in [0, 0.1) is 23.7 Å². The molecule has 0 spiro atoms. The molecule has 18 heavy (non-hydrogen) atoms. The molecule has 0 bridgehead atoms. The maximum Gasteiger partial charge on any atom is -0.00209 e. The van der Waals surface area contributed by atoms with Gasteiger partial charge in [0.15, 0.2) is 0 Å². The van der Waals surface area contributed by atoms with Crippen molar-refractivity contribution in [3.8, 4) is 0 Å². The molecular weight excluding hydrogens is 218 g/mol. The van der Waals surface area contributed by atoms with Crippen LogP contribution in [0.15, 0.2) is 0 Å². The predicted molar refractivity (Wildman–Crippen MR) is 81.8 cm³/mol. The standard InChI is InChI=1S/C17H35N/c1-5-8-15-9-10-16(13-18-4)17(12-15)11-14(6-2)7-3/h14-18H,5-13H2,1-4H3. The molecule has 0 amide bonds. The predicted octanol–water partition coefficient (Wildman–Crippen LogP) is 4.86. The molecule has 1 heteroatoms. The van der Waals surface area contributed by atoms with Gasteiger partial charge in [-0.25, -0.2) is 0 Å². The van der Waals surface area contributed by atoms with Crippen LogP contribution in [-0.4, -0.2) is 13.6 Å². The van der Waals surface area contributed by atoms with Crippen molar-refractivity contribution in [1.29, 1.82) is 0 Å². The Labute approximate surface area is 115 Å². The van der Waals surface area contributed by atoms with Gasteiger partial charge in [0.25, 0.3) is 0 Å². The highest BCUT2D eigenvalue weighted by Crippen LogP contribution is 2.40. The molecule has 3 atom stereocenters. The second-order valence-corrected chi connectivity index (χ2v) is 6.46. The van der Waals surface area contributed by atoms with E-state index in [1.807, 2.05) is 0 Å². The first kappa shape index (κ1) is 16.0. The summed E-state index contributed by atoms with van der Waals surface area (Å²) in [4.78, 5) is 0. The normalized spacial score (nSPS) is 28.8. The van der Waals surface area contributed by atoms with Crippen LogP contribution in [0.5, 0.6) is 0 Å². The van der Waals surface area contributed by atoms with Gasteiger partial charge in [-0.15, -0.1) is 0 Å². The highest BCUT2D eigenvalue weighted by Gasteiger charge is 2.30. The van der Waals surface area contributed by atoms with Gasteiger partial charge in [0, 0.05) is 0 Å². The fraction of sp³-hybridized carbons (Fsp3) is 1.00. The molecule has 1 aliphatic carbocycles. The van der Waals surface area contributed by atoms with Gasteiger partial charge in [-0.05, 0) is 56.5 Å². The van der Waals surface area contributed by atoms with E-state index in [1.165, 1.54) is 57.9 Å². The van der Waals surface area contributed by atoms with E-state index in [2.05, 4.69) is 33.1 Å². The summed E-state index contributed by atoms with van der Waals surface area (Å²) in [6.07, 6.45) is 11.5. The van der Waals surface area contributed by atoms with Crippen LogP contribution < -0.4 is 5.32 Å². The topological polar surface area (TPSA) is 12.0 Å². The van der Waals surface area contributed by atoms with E-state index >= 15 is 0 Å². The SMILES string of the molecule is CCCC1CCC(CNC)C(CC(CC)CC)C1. The number of rotatable bonds is 8. The first-order valence-electron chi connectivity index (χ1n) is 8.39. The van der Waals surface area contributed by atoms with Gasteiger partial charge in [-0.1, -0.05) is 52.9 Å². The smallest absolute Gasteiger partial charge is 0.00209 e. The number of hydrogen-bond acceptors (Lipinski definition) is 1. The molecular formula is C17H35N. The summed E-state index contributed by atoms with van der Waals surface area (Å²) in [5.74, 6) is 3.94. The van der Waals surface area contributed by atoms with Crippen LogP contribution in [0.2, 0.25) is 0 Å². The first-order chi connectivity index (χ1) is 8.74. The van der Waals surface area contributed by atoms with Gasteiger partial charge in [0.05, 0.1) is 0 Å². The van der Waals surface area contributed by atoms with Gasteiger partial charge in [0.2, 0.25) is 0 Å². The van der Waals surface area contributed by atoms with Crippen LogP contribution in [-0.2, 0) is 0 Å². The van der Waals surface area contributed by atoms with Crippen molar-refractivity contribution in [2.45, 2.75) is 72.1 Å². The Balaban J connectivity index is 2.53. The van der Waals surface area contributed by atoms with Crippen LogP contribution in [0.3, 0.4) is 0 Å². The Hall–Kier alpha value is -0.0400. The molecule has 0 aromatic rings. The Morgan fingerprint density at radius 1 is 1.06 bits per heavy atom. The highest BCUT2D eigenvalue weighted by atomic mass is 14.8. The lowest BCUT2D eigenvalue weighted by atomic mass is 9.69. The molecule has 1 N–H and O–H groups in total. The van der Waals surface area contributed by atoms with Gasteiger partial charge >= 0.3 is 0 Å². The zero-order chi connectivity index (χ0) is 13.4. The maximum atomic E-state index is 3.42. The Morgan fingerprint density at radius 2 is 1.78 bits per heavy atom. The minimum absolute atomic E-state index is 0.948. The molecule has 1 saturated carbocycles. The van der Waals surface area contributed by atoms with Crippen LogP contribution in [0.1, 0.15) is 72.1 Å². The quantitative estimate of drug-likeness (QED) is 0.651. The van der Waals surface area contributed by atoms with Crippen molar-refractivity contribution >= 4 is 0 Å². The van der Waals surface area contributed by atoms with Crippen LogP contribution in [0.25, 0.3) is 0 Å². The summed E-state index contributed by atoms with van der Waals surface area (Å²) >= 11 is 0. The fourth-order valence-corrected chi connectivity index (χ4v) is 3.96. The Morgan fingerprint density at radius 3 is 2.33 bits per heavy atom. The summed E-state index contributed by atoms with van der Waals surface area (Å²) in [6, 6.07) is 0. The zero-order valence-corrected chi connectivity index (χ0v) is 13.2. The van der Waals surface area contributed by atoms with Crippen LogP contribution >= 0.6 is 0 Å². The molecule has 0 aromatic carbocycles. The third-order valence-electron chi connectivity index (χ3n) is 5.20. The Bertz CT molecular complexity index is 198. The van der Waals surface area contributed by atoms with Crippen molar-refractivity contribution in [2.24, 2.45) is 23.7 Å². The largest absolute Gasteiger partial charge is 0.319 e. The first-order valence-corrected chi connectivity index (χ1v) is 8.39. The van der Waals surface area contributed by atoms with Gasteiger partial charge in [-0.3, -0.25) is 0 Å². The average Bonchev–Trinajstić information content (AvgIpc) is 2.39. The van der Waals surface area contributed by atoms with Gasteiger partial charge < -0.3 is 5.32 Å². The van der Waals surface area contributed by atoms with Gasteiger partial charge in [0.1, 0.15) is 0 Å². The van der Waals surface area contributed by atoms with E-state index in [9.17, 15) is 0 Å². The van der Waals surface area contributed by atoms with Crippen molar-refractivity contribution < 1.29 is 0 Å². The van der Waals surface area contributed by atoms with E-state index in [4.69, 9.17) is 0 Å². The minimum atomic E-state index is 0.948. The Kier molecular flexibility index (Phi) is 7.97. The van der Waals surface area contributed by atoms with E-state index in [1.54, 1.807) is 0 Å². The number of nitrogens with one attached hydrogen (secondary N) is 1. The van der Waals surface area contributed by atoms with Gasteiger partial charge in [-0.2, -0.15) is 0 Å². The molecule has 108 valence electrons. The second kappa shape index (κ2) is 8.96. The third kappa shape index (κ3) is 4.91. The lowest BCUT2D eigenvalue weighted by Gasteiger charge is -2.38. The number of hydrogen-bond donors (Lipinski definition) is 1. The molecule has 0 saturated heterocycles. The van der Waals surface area contributed by atoms with Crippen LogP contribution in [0.4, 0.5) is 0 Å². The fourth-order valence-electron chi connectivity index (χ4n) is 3.96. The molecule has 1 fully saturated rings. The average molecular weight is 253 g/mol. The lowest BCUT2D eigenvalue weighted by molar-refractivity contribution is 0.141. The highest BCUT2D eigenvalue weighted by molar-refractivity contribution is 4.82. The van der Waals surface area contributed by atoms with Crippen molar-refractivity contribution in [2.75, 3.05) is 13.6 Å².